The van der Waals surface area contributed by atoms with E-state index in [4.69, 9.17) is 0 Å². The number of hydrogen-bond acceptors (Lipinski definition) is 4. The van der Waals surface area contributed by atoms with E-state index in [-0.39, 0.29) is 18.5 Å². The van der Waals surface area contributed by atoms with Crippen LogP contribution in [0.3, 0.4) is 0 Å². The van der Waals surface area contributed by atoms with Crippen LogP contribution in [0.25, 0.3) is 10.2 Å². The molecule has 6 nitrogen and oxygen atoms in total. The second-order valence-corrected chi connectivity index (χ2v) is 6.70. The van der Waals surface area contributed by atoms with Crippen molar-refractivity contribution in [3.8, 4) is 0 Å². The van der Waals surface area contributed by atoms with Crippen molar-refractivity contribution in [2.45, 2.75) is 6.42 Å². The highest BCUT2D eigenvalue weighted by atomic mass is 32.1. The van der Waals surface area contributed by atoms with Crippen molar-refractivity contribution in [3.63, 3.8) is 0 Å². The van der Waals surface area contributed by atoms with E-state index in [1.807, 2.05) is 35.9 Å². The molecule has 0 saturated carbocycles. The average molecular weight is 390 g/mol. The lowest BCUT2D eigenvalue weighted by molar-refractivity contribution is -0.121. The molecule has 9 heteroatoms. The molecule has 2 aromatic carbocycles. The zero-order chi connectivity index (χ0) is 19.4. The molecule has 0 bridgehead atoms. The van der Waals surface area contributed by atoms with E-state index in [1.54, 1.807) is 0 Å². The van der Waals surface area contributed by atoms with Gasteiger partial charge in [-0.2, -0.15) is 0 Å². The van der Waals surface area contributed by atoms with Crippen LogP contribution in [0.4, 0.5) is 8.78 Å². The molecule has 2 N–H and O–H groups in total. The smallest absolute Gasteiger partial charge is 0.254 e. The lowest BCUT2D eigenvalue weighted by atomic mass is 10.2. The molecule has 0 atom stereocenters. The monoisotopic (exact) mass is 390 g/mol. The van der Waals surface area contributed by atoms with Crippen molar-refractivity contribution in [3.05, 3.63) is 64.5 Å². The van der Waals surface area contributed by atoms with Crippen molar-refractivity contribution >= 4 is 33.4 Å². The maximum absolute atomic E-state index is 13.5. The molecule has 1 heterocycles. The highest BCUT2D eigenvalue weighted by Gasteiger charge is 2.12. The number of nitrogens with one attached hydrogen (secondary N) is 2. The van der Waals surface area contributed by atoms with Gasteiger partial charge < -0.3 is 9.88 Å². The molecule has 0 radical (unpaired) electrons. The van der Waals surface area contributed by atoms with Crippen molar-refractivity contribution < 1.29 is 18.4 Å². The summed E-state index contributed by atoms with van der Waals surface area (Å²) in [5, 5.41) is 6.50. The summed E-state index contributed by atoms with van der Waals surface area (Å²) >= 11 is 1.43. The van der Waals surface area contributed by atoms with Gasteiger partial charge in [0.25, 0.3) is 5.91 Å². The van der Waals surface area contributed by atoms with Crippen LogP contribution >= 0.6 is 11.3 Å². The minimum absolute atomic E-state index is 0.00442. The average Bonchev–Trinajstić information content (AvgIpc) is 2.96. The van der Waals surface area contributed by atoms with Crippen molar-refractivity contribution in [1.82, 2.24) is 15.3 Å². The number of nitrogens with zero attached hydrogens (tertiary/aromatic N) is 2. The van der Waals surface area contributed by atoms with Gasteiger partial charge in [-0.05, 0) is 24.3 Å². The predicted molar refractivity (Wildman–Crippen MR) is 97.8 cm³/mol. The molecule has 0 fully saturated rings. The van der Waals surface area contributed by atoms with Gasteiger partial charge in [-0.15, -0.1) is 5.10 Å². The number of amides is 2. The number of hydrogen-bond donors (Lipinski definition) is 2. The zero-order valence-corrected chi connectivity index (χ0v) is 15.1. The third kappa shape index (κ3) is 4.37. The van der Waals surface area contributed by atoms with Gasteiger partial charge in [0.1, 0.15) is 11.6 Å². The minimum Gasteiger partial charge on any atom is -0.351 e. The molecule has 27 heavy (non-hydrogen) atoms. The van der Waals surface area contributed by atoms with Crippen LogP contribution in [-0.4, -0.2) is 22.9 Å². The Morgan fingerprint density at radius 3 is 2.70 bits per heavy atom. The Hall–Kier alpha value is -3.07. The first-order chi connectivity index (χ1) is 13.0. The van der Waals surface area contributed by atoms with Gasteiger partial charge in [-0.25, -0.2) is 14.2 Å². The molecule has 3 rings (SSSR count). The molecular weight excluding hydrogens is 374 g/mol. The second-order valence-electron chi connectivity index (χ2n) is 5.69. The summed E-state index contributed by atoms with van der Waals surface area (Å²) in [6.07, 6.45) is -0.0351. The lowest BCUT2D eigenvalue weighted by Crippen LogP contribution is -2.30. The normalized spacial score (nSPS) is 11.6. The third-order valence-electron chi connectivity index (χ3n) is 3.80. The fraction of sp³-hybridized carbons (Fsp3) is 0.167. The van der Waals surface area contributed by atoms with E-state index < -0.39 is 23.4 Å². The number of aryl methyl sites for hydroxylation is 1. The molecule has 0 unspecified atom stereocenters. The lowest BCUT2D eigenvalue weighted by Gasteiger charge is -2.05. The topological polar surface area (TPSA) is 75.5 Å². The molecule has 3 aromatic rings. The number of thiazole rings is 1. The van der Waals surface area contributed by atoms with E-state index in [2.05, 4.69) is 15.8 Å². The fourth-order valence-electron chi connectivity index (χ4n) is 2.41. The van der Waals surface area contributed by atoms with Gasteiger partial charge in [0.05, 0.1) is 15.8 Å². The minimum atomic E-state index is -0.954. The van der Waals surface area contributed by atoms with E-state index in [9.17, 15) is 18.4 Å². The SMILES string of the molecule is Cn1/c(=N/NC(=O)CCNC(=O)c2ccc(F)cc2F)sc2ccccc21. The Labute approximate surface area is 157 Å². The summed E-state index contributed by atoms with van der Waals surface area (Å²) in [5.74, 6) is -2.83. The molecule has 0 saturated heterocycles. The number of carbonyl (C=O) groups excluding carboxylic acids is 2. The van der Waals surface area contributed by atoms with Crippen molar-refractivity contribution in [1.29, 1.82) is 0 Å². The van der Waals surface area contributed by atoms with Crippen molar-refractivity contribution in [2.75, 3.05) is 6.54 Å². The highest BCUT2D eigenvalue weighted by molar-refractivity contribution is 7.16. The maximum atomic E-state index is 13.5. The number of para-hydroxylation sites is 1. The summed E-state index contributed by atoms with van der Waals surface area (Å²) in [6, 6.07) is 10.4. The fourth-order valence-corrected chi connectivity index (χ4v) is 3.39. The number of aromatic nitrogens is 1. The number of carbonyl (C=O) groups is 2. The Morgan fingerprint density at radius 1 is 1.19 bits per heavy atom. The molecule has 2 amide bonds. The molecule has 0 aliphatic rings. The zero-order valence-electron chi connectivity index (χ0n) is 14.3. The van der Waals surface area contributed by atoms with Crippen molar-refractivity contribution in [2.24, 2.45) is 12.1 Å². The van der Waals surface area contributed by atoms with Gasteiger partial charge in [0.15, 0.2) is 0 Å². The molecule has 0 spiro atoms. The summed E-state index contributed by atoms with van der Waals surface area (Å²) in [6.45, 7) is -0.00442. The van der Waals surface area contributed by atoms with E-state index in [1.165, 1.54) is 11.3 Å². The van der Waals surface area contributed by atoms with Crippen LogP contribution in [-0.2, 0) is 11.8 Å². The first-order valence-electron chi connectivity index (χ1n) is 8.06. The maximum Gasteiger partial charge on any atom is 0.254 e. The van der Waals surface area contributed by atoms with Gasteiger partial charge >= 0.3 is 0 Å². The first-order valence-corrected chi connectivity index (χ1v) is 8.88. The first kappa shape index (κ1) is 18.7. The van der Waals surface area contributed by atoms with Crippen LogP contribution in [0.2, 0.25) is 0 Å². The highest BCUT2D eigenvalue weighted by Crippen LogP contribution is 2.14. The Bertz CT molecular complexity index is 1070. The quantitative estimate of drug-likeness (QED) is 0.656. The Balaban J connectivity index is 1.55. The number of fused-ring (bicyclic) bond motifs is 1. The van der Waals surface area contributed by atoms with Gasteiger partial charge in [-0.3, -0.25) is 9.59 Å². The molecule has 1 aromatic heterocycles. The van der Waals surface area contributed by atoms with Crippen LogP contribution in [0.5, 0.6) is 0 Å². The largest absolute Gasteiger partial charge is 0.351 e. The number of benzene rings is 2. The third-order valence-corrected chi connectivity index (χ3v) is 4.92. The van der Waals surface area contributed by atoms with Crippen LogP contribution in [0, 0.1) is 11.6 Å². The summed E-state index contributed by atoms with van der Waals surface area (Å²) in [7, 11) is 1.85. The molecule has 0 aliphatic carbocycles. The van der Waals surface area contributed by atoms with Gasteiger partial charge in [0.2, 0.25) is 10.7 Å². The number of halogens is 2. The summed E-state index contributed by atoms with van der Waals surface area (Å²) in [5.41, 5.74) is 3.16. The molecule has 0 aliphatic heterocycles. The van der Waals surface area contributed by atoms with E-state index >= 15 is 0 Å². The Morgan fingerprint density at radius 2 is 1.96 bits per heavy atom. The van der Waals surface area contributed by atoms with Crippen LogP contribution in [0.1, 0.15) is 16.8 Å². The molecule has 140 valence electrons. The number of rotatable bonds is 5. The van der Waals surface area contributed by atoms with Crippen LogP contribution < -0.4 is 15.5 Å². The van der Waals surface area contributed by atoms with E-state index in [0.717, 1.165) is 22.3 Å². The standard InChI is InChI=1S/C18H16F2N4O2S/c1-24-14-4-2-3-5-15(14)27-18(24)23-22-16(25)8-9-21-17(26)12-7-6-11(19)10-13(12)20/h2-7,10H,8-9H2,1H3,(H,21,26)(H,22,25)/b23-18-. The Kier molecular flexibility index (Phi) is 5.60. The second kappa shape index (κ2) is 8.09. The van der Waals surface area contributed by atoms with Gasteiger partial charge in [-0.1, -0.05) is 23.5 Å². The van der Waals surface area contributed by atoms with Gasteiger partial charge in [0, 0.05) is 26.1 Å². The van der Waals surface area contributed by atoms with E-state index in [0.29, 0.717) is 10.9 Å². The summed E-state index contributed by atoms with van der Waals surface area (Å²) < 4.78 is 29.3. The molecular formula is C18H16F2N4O2S. The predicted octanol–water partition coefficient (Wildman–Crippen LogP) is 2.27. The van der Waals surface area contributed by atoms with Crippen LogP contribution in [0.15, 0.2) is 47.6 Å². The summed E-state index contributed by atoms with van der Waals surface area (Å²) in [4.78, 5) is 24.4.